The molecule has 1 fully saturated rings. The molecule has 110 valence electrons. The number of nitrogens with zero attached hydrogens (tertiary/aromatic N) is 1. The third-order valence-corrected chi connectivity index (χ3v) is 5.06. The average molecular weight is 296 g/mol. The number of carboxylic acid groups (broad SMARTS) is 1. The number of carbonyl (C=O) groups excluding carboxylic acids is 1. The van der Waals surface area contributed by atoms with Crippen LogP contribution in [-0.2, 0) is 11.2 Å². The summed E-state index contributed by atoms with van der Waals surface area (Å²) in [4.78, 5) is 28.2. The summed E-state index contributed by atoms with van der Waals surface area (Å²) in [6.07, 6.45) is 3.59. The van der Waals surface area contributed by atoms with E-state index in [2.05, 4.69) is 10.3 Å². The van der Waals surface area contributed by atoms with Crippen molar-refractivity contribution < 1.29 is 14.7 Å². The van der Waals surface area contributed by atoms with Crippen molar-refractivity contribution in [3.63, 3.8) is 0 Å². The Morgan fingerprint density at radius 1 is 1.35 bits per heavy atom. The maximum atomic E-state index is 12.2. The zero-order chi connectivity index (χ0) is 14.7. The van der Waals surface area contributed by atoms with E-state index in [0.29, 0.717) is 17.7 Å². The number of nitrogens with one attached hydrogen (secondary N) is 1. The molecule has 0 aliphatic heterocycles. The van der Waals surface area contributed by atoms with Crippen molar-refractivity contribution in [3.8, 4) is 0 Å². The second-order valence-electron chi connectivity index (χ2n) is 5.24. The lowest BCUT2D eigenvalue weighted by atomic mass is 9.86. The van der Waals surface area contributed by atoms with E-state index in [1.807, 2.05) is 13.8 Å². The Morgan fingerprint density at radius 3 is 2.50 bits per heavy atom. The van der Waals surface area contributed by atoms with Crippen LogP contribution in [0, 0.1) is 12.8 Å². The summed E-state index contributed by atoms with van der Waals surface area (Å²) < 4.78 is 0. The third-order valence-electron chi connectivity index (χ3n) is 3.76. The van der Waals surface area contributed by atoms with Crippen LogP contribution in [-0.4, -0.2) is 28.0 Å². The minimum Gasteiger partial charge on any atom is -0.481 e. The molecule has 20 heavy (non-hydrogen) atoms. The molecule has 6 heteroatoms. The van der Waals surface area contributed by atoms with E-state index in [0.717, 1.165) is 30.0 Å². The Morgan fingerprint density at radius 2 is 2.00 bits per heavy atom. The van der Waals surface area contributed by atoms with Crippen LogP contribution in [0.25, 0.3) is 0 Å². The predicted octanol–water partition coefficient (Wildman–Crippen LogP) is 2.39. The second-order valence-corrected chi connectivity index (χ2v) is 6.32. The van der Waals surface area contributed by atoms with Gasteiger partial charge in [0.2, 0.25) is 0 Å². The maximum absolute atomic E-state index is 12.2. The van der Waals surface area contributed by atoms with Crippen LogP contribution in [0.15, 0.2) is 0 Å². The zero-order valence-electron chi connectivity index (χ0n) is 11.8. The summed E-state index contributed by atoms with van der Waals surface area (Å²) in [6.45, 7) is 3.87. The molecule has 1 aromatic heterocycles. The SMILES string of the molecule is CCc1nc(C)c(C(=O)NC2CCC(C(=O)O)CC2)s1. The summed E-state index contributed by atoms with van der Waals surface area (Å²) in [5, 5.41) is 12.9. The summed E-state index contributed by atoms with van der Waals surface area (Å²) >= 11 is 1.44. The van der Waals surface area contributed by atoms with Crippen molar-refractivity contribution in [2.75, 3.05) is 0 Å². The van der Waals surface area contributed by atoms with E-state index in [1.165, 1.54) is 11.3 Å². The van der Waals surface area contributed by atoms with Gasteiger partial charge in [-0.1, -0.05) is 6.92 Å². The summed E-state index contributed by atoms with van der Waals surface area (Å²) in [6, 6.07) is 0.0877. The van der Waals surface area contributed by atoms with Crippen LogP contribution in [0.2, 0.25) is 0 Å². The van der Waals surface area contributed by atoms with Crippen LogP contribution >= 0.6 is 11.3 Å². The monoisotopic (exact) mass is 296 g/mol. The topological polar surface area (TPSA) is 79.3 Å². The van der Waals surface area contributed by atoms with Crippen LogP contribution in [0.4, 0.5) is 0 Å². The molecule has 0 atom stereocenters. The lowest BCUT2D eigenvalue weighted by molar-refractivity contribution is -0.142. The molecule has 1 amide bonds. The predicted molar refractivity (Wildman–Crippen MR) is 77.1 cm³/mol. The van der Waals surface area contributed by atoms with Crippen LogP contribution in [0.5, 0.6) is 0 Å². The van der Waals surface area contributed by atoms with Gasteiger partial charge >= 0.3 is 5.97 Å². The lowest BCUT2D eigenvalue weighted by Gasteiger charge is -2.26. The number of hydrogen-bond donors (Lipinski definition) is 2. The standard InChI is InChI=1S/C14H20N2O3S/c1-3-11-15-8(2)12(20-11)13(17)16-10-6-4-9(5-7-10)14(18)19/h9-10H,3-7H2,1-2H3,(H,16,17)(H,18,19). The van der Waals surface area contributed by atoms with E-state index in [1.54, 1.807) is 0 Å². The Kier molecular flexibility index (Phi) is 4.75. The summed E-state index contributed by atoms with van der Waals surface area (Å²) in [5.74, 6) is -1.04. The van der Waals surface area contributed by atoms with E-state index in [9.17, 15) is 9.59 Å². The Balaban J connectivity index is 1.92. The molecular weight excluding hydrogens is 276 g/mol. The van der Waals surface area contributed by atoms with Crippen LogP contribution in [0.3, 0.4) is 0 Å². The Hall–Kier alpha value is -1.43. The number of carbonyl (C=O) groups is 2. The van der Waals surface area contributed by atoms with Crippen molar-refractivity contribution in [2.45, 2.75) is 52.0 Å². The quantitative estimate of drug-likeness (QED) is 0.894. The van der Waals surface area contributed by atoms with E-state index < -0.39 is 5.97 Å². The van der Waals surface area contributed by atoms with E-state index in [4.69, 9.17) is 5.11 Å². The zero-order valence-corrected chi connectivity index (χ0v) is 12.6. The van der Waals surface area contributed by atoms with Crippen molar-refractivity contribution in [1.82, 2.24) is 10.3 Å². The van der Waals surface area contributed by atoms with Gasteiger partial charge in [0, 0.05) is 6.04 Å². The van der Waals surface area contributed by atoms with Gasteiger partial charge in [0.05, 0.1) is 16.6 Å². The largest absolute Gasteiger partial charge is 0.481 e. The van der Waals surface area contributed by atoms with Crippen LogP contribution in [0.1, 0.15) is 53.0 Å². The smallest absolute Gasteiger partial charge is 0.306 e. The van der Waals surface area contributed by atoms with Crippen molar-refractivity contribution >= 4 is 23.2 Å². The average Bonchev–Trinajstić information content (AvgIpc) is 2.80. The molecule has 1 aliphatic carbocycles. The van der Waals surface area contributed by atoms with Gasteiger partial charge in [-0.15, -0.1) is 11.3 Å². The number of hydrogen-bond acceptors (Lipinski definition) is 4. The number of rotatable bonds is 4. The molecule has 5 nitrogen and oxygen atoms in total. The molecule has 0 aromatic carbocycles. The summed E-state index contributed by atoms with van der Waals surface area (Å²) in [5.41, 5.74) is 0.781. The van der Waals surface area contributed by atoms with Crippen molar-refractivity contribution in [2.24, 2.45) is 5.92 Å². The molecule has 2 rings (SSSR count). The molecule has 1 aliphatic rings. The number of thiazole rings is 1. The molecule has 0 spiro atoms. The number of aromatic nitrogens is 1. The molecule has 0 bridgehead atoms. The normalized spacial score (nSPS) is 22.5. The highest BCUT2D eigenvalue weighted by Crippen LogP contribution is 2.25. The molecule has 0 unspecified atom stereocenters. The molecular formula is C14H20N2O3S. The van der Waals surface area contributed by atoms with Gasteiger partial charge in [-0.25, -0.2) is 4.98 Å². The minimum atomic E-state index is -0.722. The first-order valence-electron chi connectivity index (χ1n) is 7.01. The molecule has 0 saturated heterocycles. The Bertz CT molecular complexity index is 505. The fourth-order valence-corrected chi connectivity index (χ4v) is 3.46. The fourth-order valence-electron chi connectivity index (χ4n) is 2.55. The van der Waals surface area contributed by atoms with E-state index in [-0.39, 0.29) is 17.9 Å². The molecule has 1 heterocycles. The van der Waals surface area contributed by atoms with Crippen molar-refractivity contribution in [1.29, 1.82) is 0 Å². The molecule has 0 radical (unpaired) electrons. The first-order chi connectivity index (χ1) is 9.51. The van der Waals surface area contributed by atoms with Gasteiger partial charge in [0.1, 0.15) is 4.88 Å². The fraction of sp³-hybridized carbons (Fsp3) is 0.643. The molecule has 1 aromatic rings. The highest BCUT2D eigenvalue weighted by molar-refractivity contribution is 7.13. The second kappa shape index (κ2) is 6.35. The van der Waals surface area contributed by atoms with Gasteiger partial charge in [-0.2, -0.15) is 0 Å². The highest BCUT2D eigenvalue weighted by Gasteiger charge is 2.27. The summed E-state index contributed by atoms with van der Waals surface area (Å²) in [7, 11) is 0. The van der Waals surface area contributed by atoms with Gasteiger partial charge in [0.15, 0.2) is 0 Å². The molecule has 1 saturated carbocycles. The number of aryl methyl sites for hydroxylation is 2. The van der Waals surface area contributed by atoms with Gasteiger partial charge in [0.25, 0.3) is 5.91 Å². The number of carboxylic acids is 1. The van der Waals surface area contributed by atoms with E-state index >= 15 is 0 Å². The number of aliphatic carboxylic acids is 1. The van der Waals surface area contributed by atoms with Crippen LogP contribution < -0.4 is 5.32 Å². The number of amides is 1. The van der Waals surface area contributed by atoms with Gasteiger partial charge in [-0.05, 0) is 39.0 Å². The van der Waals surface area contributed by atoms with Gasteiger partial charge in [-0.3, -0.25) is 9.59 Å². The minimum absolute atomic E-state index is 0.0709. The third kappa shape index (κ3) is 3.36. The lowest BCUT2D eigenvalue weighted by Crippen LogP contribution is -2.38. The Labute approximate surface area is 122 Å². The first kappa shape index (κ1) is 15.0. The highest BCUT2D eigenvalue weighted by atomic mass is 32.1. The molecule has 2 N–H and O–H groups in total. The van der Waals surface area contributed by atoms with Crippen molar-refractivity contribution in [3.05, 3.63) is 15.6 Å². The first-order valence-corrected chi connectivity index (χ1v) is 7.82. The maximum Gasteiger partial charge on any atom is 0.306 e. The van der Waals surface area contributed by atoms with Gasteiger partial charge < -0.3 is 10.4 Å².